The lowest BCUT2D eigenvalue weighted by Gasteiger charge is -2.18. The van der Waals surface area contributed by atoms with Crippen molar-refractivity contribution in [3.8, 4) is 0 Å². The van der Waals surface area contributed by atoms with Crippen molar-refractivity contribution < 1.29 is 19.1 Å². The number of esters is 1. The summed E-state index contributed by atoms with van der Waals surface area (Å²) in [5.41, 5.74) is 0. The van der Waals surface area contributed by atoms with Gasteiger partial charge in [0.05, 0.1) is 18.8 Å². The third-order valence-corrected chi connectivity index (χ3v) is 2.53. The summed E-state index contributed by atoms with van der Waals surface area (Å²) in [5, 5.41) is 2.63. The van der Waals surface area contributed by atoms with E-state index in [0.29, 0.717) is 0 Å². The highest BCUT2D eigenvalue weighted by atomic mass is 16.5. The molecular formula is C10H17NO4. The van der Waals surface area contributed by atoms with E-state index in [0.717, 1.165) is 19.3 Å². The van der Waals surface area contributed by atoms with Crippen LogP contribution >= 0.6 is 0 Å². The van der Waals surface area contributed by atoms with E-state index in [4.69, 9.17) is 4.74 Å². The summed E-state index contributed by atoms with van der Waals surface area (Å²) in [6, 6.07) is -0.0630. The van der Waals surface area contributed by atoms with Crippen molar-refractivity contribution in [1.82, 2.24) is 5.32 Å². The quantitative estimate of drug-likeness (QED) is 0.541. The summed E-state index contributed by atoms with van der Waals surface area (Å²) < 4.78 is 9.79. The van der Waals surface area contributed by atoms with E-state index in [1.54, 1.807) is 14.0 Å². The molecule has 1 aliphatic carbocycles. The van der Waals surface area contributed by atoms with Gasteiger partial charge in [-0.1, -0.05) is 0 Å². The Bertz CT molecular complexity index is 242. The standard InChI is InChI=1S/C10H17NO4/c1-3-15-10(13)9(12)11-7-5-4-6-8(7)14-2/h7-8H,3-6H2,1-2H3,(H,11,12). The molecule has 0 heterocycles. The van der Waals surface area contributed by atoms with Gasteiger partial charge in [-0.25, -0.2) is 4.79 Å². The number of hydrogen-bond donors (Lipinski definition) is 1. The van der Waals surface area contributed by atoms with Crippen molar-refractivity contribution in [3.63, 3.8) is 0 Å². The van der Waals surface area contributed by atoms with E-state index in [1.807, 2.05) is 0 Å². The first-order chi connectivity index (χ1) is 7.19. The van der Waals surface area contributed by atoms with Gasteiger partial charge in [-0.2, -0.15) is 0 Å². The summed E-state index contributed by atoms with van der Waals surface area (Å²) in [5.74, 6) is -1.50. The van der Waals surface area contributed by atoms with Crippen molar-refractivity contribution in [2.45, 2.75) is 38.3 Å². The van der Waals surface area contributed by atoms with Crippen LogP contribution in [0.2, 0.25) is 0 Å². The van der Waals surface area contributed by atoms with Gasteiger partial charge in [-0.15, -0.1) is 0 Å². The number of carbonyl (C=O) groups excluding carboxylic acids is 2. The van der Waals surface area contributed by atoms with Crippen LogP contribution in [-0.2, 0) is 19.1 Å². The molecule has 1 amide bonds. The second kappa shape index (κ2) is 5.70. The highest BCUT2D eigenvalue weighted by molar-refractivity contribution is 6.32. The molecule has 0 saturated heterocycles. The van der Waals surface area contributed by atoms with Crippen LogP contribution in [0.15, 0.2) is 0 Å². The number of hydrogen-bond acceptors (Lipinski definition) is 4. The van der Waals surface area contributed by atoms with Gasteiger partial charge in [0.15, 0.2) is 0 Å². The molecule has 5 heteroatoms. The molecule has 0 bridgehead atoms. The zero-order valence-electron chi connectivity index (χ0n) is 9.12. The number of nitrogens with one attached hydrogen (secondary N) is 1. The topological polar surface area (TPSA) is 64.6 Å². The van der Waals surface area contributed by atoms with Crippen molar-refractivity contribution in [1.29, 1.82) is 0 Å². The van der Waals surface area contributed by atoms with Crippen molar-refractivity contribution in [2.75, 3.05) is 13.7 Å². The Balaban J connectivity index is 2.40. The molecule has 0 aliphatic heterocycles. The van der Waals surface area contributed by atoms with Gasteiger partial charge in [-0.05, 0) is 26.2 Å². The summed E-state index contributed by atoms with van der Waals surface area (Å²) in [6.45, 7) is 1.88. The molecule has 1 saturated carbocycles. The maximum absolute atomic E-state index is 11.3. The second-order valence-corrected chi connectivity index (χ2v) is 3.51. The lowest BCUT2D eigenvalue weighted by Crippen LogP contribution is -2.44. The number of methoxy groups -OCH3 is 1. The molecular weight excluding hydrogens is 198 g/mol. The van der Waals surface area contributed by atoms with Crippen LogP contribution in [0, 0.1) is 0 Å². The summed E-state index contributed by atoms with van der Waals surface area (Å²) in [6.07, 6.45) is 2.79. The Morgan fingerprint density at radius 1 is 1.40 bits per heavy atom. The normalized spacial score (nSPS) is 24.9. The van der Waals surface area contributed by atoms with Crippen LogP contribution in [0.4, 0.5) is 0 Å². The smallest absolute Gasteiger partial charge is 0.396 e. The maximum Gasteiger partial charge on any atom is 0.396 e. The Labute approximate surface area is 89.1 Å². The average molecular weight is 215 g/mol. The Morgan fingerprint density at radius 3 is 2.73 bits per heavy atom. The molecule has 2 atom stereocenters. The lowest BCUT2D eigenvalue weighted by atomic mass is 10.2. The highest BCUT2D eigenvalue weighted by Crippen LogP contribution is 2.21. The largest absolute Gasteiger partial charge is 0.459 e. The number of carbonyl (C=O) groups is 2. The van der Waals surface area contributed by atoms with Gasteiger partial charge in [-0.3, -0.25) is 4.79 Å². The first-order valence-corrected chi connectivity index (χ1v) is 5.19. The summed E-state index contributed by atoms with van der Waals surface area (Å²) in [7, 11) is 1.61. The third kappa shape index (κ3) is 3.20. The van der Waals surface area contributed by atoms with E-state index >= 15 is 0 Å². The van der Waals surface area contributed by atoms with Crippen LogP contribution in [-0.4, -0.2) is 37.7 Å². The number of amides is 1. The van der Waals surface area contributed by atoms with Gasteiger partial charge >= 0.3 is 11.9 Å². The predicted octanol–water partition coefficient (Wildman–Crippen LogP) is 0.233. The molecule has 0 radical (unpaired) electrons. The van der Waals surface area contributed by atoms with Gasteiger partial charge in [0.2, 0.25) is 0 Å². The SMILES string of the molecule is CCOC(=O)C(=O)NC1CCCC1OC. The van der Waals surface area contributed by atoms with Crippen molar-refractivity contribution in [3.05, 3.63) is 0 Å². The molecule has 5 nitrogen and oxygen atoms in total. The molecule has 0 aromatic heterocycles. The van der Waals surface area contributed by atoms with Crippen LogP contribution in [0.3, 0.4) is 0 Å². The monoisotopic (exact) mass is 215 g/mol. The fourth-order valence-electron chi connectivity index (χ4n) is 1.80. The van der Waals surface area contributed by atoms with E-state index in [9.17, 15) is 9.59 Å². The van der Waals surface area contributed by atoms with Crippen LogP contribution < -0.4 is 5.32 Å². The molecule has 0 spiro atoms. The molecule has 15 heavy (non-hydrogen) atoms. The fraction of sp³-hybridized carbons (Fsp3) is 0.800. The van der Waals surface area contributed by atoms with Crippen molar-refractivity contribution in [2.24, 2.45) is 0 Å². The van der Waals surface area contributed by atoms with E-state index in [2.05, 4.69) is 10.1 Å². The van der Waals surface area contributed by atoms with Crippen LogP contribution in [0.5, 0.6) is 0 Å². The minimum absolute atomic E-state index is 0.0170. The molecule has 0 aromatic carbocycles. The molecule has 1 rings (SSSR count). The molecule has 1 fully saturated rings. The number of ether oxygens (including phenoxy) is 2. The first kappa shape index (κ1) is 12.0. The molecule has 86 valence electrons. The summed E-state index contributed by atoms with van der Waals surface area (Å²) >= 11 is 0. The van der Waals surface area contributed by atoms with Gasteiger partial charge in [0.25, 0.3) is 0 Å². The van der Waals surface area contributed by atoms with Gasteiger partial charge in [0.1, 0.15) is 0 Å². The van der Waals surface area contributed by atoms with E-state index < -0.39 is 11.9 Å². The Hall–Kier alpha value is -1.10. The fourth-order valence-corrected chi connectivity index (χ4v) is 1.80. The average Bonchev–Trinajstić information content (AvgIpc) is 2.65. The summed E-state index contributed by atoms with van der Waals surface area (Å²) in [4.78, 5) is 22.4. The number of rotatable bonds is 3. The molecule has 1 aliphatic rings. The van der Waals surface area contributed by atoms with Gasteiger partial charge in [0, 0.05) is 7.11 Å². The molecule has 1 N–H and O–H groups in total. The van der Waals surface area contributed by atoms with E-state index in [1.165, 1.54) is 0 Å². The molecule has 2 unspecified atom stereocenters. The first-order valence-electron chi connectivity index (χ1n) is 5.19. The Morgan fingerprint density at radius 2 is 2.13 bits per heavy atom. The minimum Gasteiger partial charge on any atom is -0.459 e. The maximum atomic E-state index is 11.3. The zero-order chi connectivity index (χ0) is 11.3. The Kier molecular flexibility index (Phi) is 4.55. The molecule has 0 aromatic rings. The van der Waals surface area contributed by atoms with Crippen LogP contribution in [0.1, 0.15) is 26.2 Å². The van der Waals surface area contributed by atoms with Crippen molar-refractivity contribution >= 4 is 11.9 Å². The third-order valence-electron chi connectivity index (χ3n) is 2.53. The predicted molar refractivity (Wildman–Crippen MR) is 53.2 cm³/mol. The van der Waals surface area contributed by atoms with Gasteiger partial charge < -0.3 is 14.8 Å². The van der Waals surface area contributed by atoms with Crippen LogP contribution in [0.25, 0.3) is 0 Å². The lowest BCUT2D eigenvalue weighted by molar-refractivity contribution is -0.155. The second-order valence-electron chi connectivity index (χ2n) is 3.51. The van der Waals surface area contributed by atoms with E-state index in [-0.39, 0.29) is 18.8 Å². The minimum atomic E-state index is -0.820. The zero-order valence-corrected chi connectivity index (χ0v) is 9.12. The highest BCUT2D eigenvalue weighted by Gasteiger charge is 2.30.